The lowest BCUT2D eigenvalue weighted by atomic mass is 10.2. The molecule has 9 heteroatoms. The van der Waals surface area contributed by atoms with Gasteiger partial charge in [0, 0.05) is 19.2 Å². The van der Waals surface area contributed by atoms with Crippen molar-refractivity contribution in [2.75, 3.05) is 6.54 Å². The summed E-state index contributed by atoms with van der Waals surface area (Å²) in [5, 5.41) is 27.1. The van der Waals surface area contributed by atoms with Crippen molar-refractivity contribution < 1.29 is 23.4 Å². The molecule has 0 amide bonds. The molecule has 0 bridgehead atoms. The minimum Gasteiger partial charge on any atom is -0.480 e. The van der Waals surface area contributed by atoms with E-state index in [9.17, 15) is 18.3 Å². The van der Waals surface area contributed by atoms with Crippen molar-refractivity contribution in [3.8, 4) is 6.07 Å². The molecule has 1 saturated heterocycles. The molecule has 1 aromatic heterocycles. The molecular formula is C11H11N3O5S. The van der Waals surface area contributed by atoms with Crippen molar-refractivity contribution in [3.63, 3.8) is 0 Å². The lowest BCUT2D eigenvalue weighted by Crippen LogP contribution is -2.40. The van der Waals surface area contributed by atoms with Gasteiger partial charge < -0.3 is 10.2 Å². The molecule has 0 radical (unpaired) electrons. The number of hydrogen-bond acceptors (Lipinski definition) is 6. The maximum atomic E-state index is 12.3. The number of carboxylic acids is 1. The van der Waals surface area contributed by atoms with Gasteiger partial charge in [0.1, 0.15) is 22.7 Å². The summed E-state index contributed by atoms with van der Waals surface area (Å²) in [4.78, 5) is 14.5. The SMILES string of the molecule is N#Cc1ccc(S(=O)(=O)N2C[C@H](O)C[C@H]2C(=O)O)cn1. The van der Waals surface area contributed by atoms with Crippen molar-refractivity contribution in [1.29, 1.82) is 5.26 Å². The Bertz CT molecular complexity index is 664. The highest BCUT2D eigenvalue weighted by Crippen LogP contribution is 2.26. The van der Waals surface area contributed by atoms with Crippen LogP contribution in [0.25, 0.3) is 0 Å². The minimum atomic E-state index is -4.07. The Labute approximate surface area is 114 Å². The second-order valence-corrected chi connectivity index (χ2v) is 6.20. The first-order chi connectivity index (χ1) is 9.36. The number of aliphatic hydroxyl groups excluding tert-OH is 1. The number of carbonyl (C=O) groups is 1. The average molecular weight is 297 g/mol. The van der Waals surface area contributed by atoms with Crippen molar-refractivity contribution >= 4 is 16.0 Å². The molecular weight excluding hydrogens is 286 g/mol. The lowest BCUT2D eigenvalue weighted by Gasteiger charge is -2.20. The Morgan fingerprint density at radius 3 is 2.70 bits per heavy atom. The molecule has 2 N–H and O–H groups in total. The Kier molecular flexibility index (Phi) is 3.71. The van der Waals surface area contributed by atoms with E-state index in [-0.39, 0.29) is 23.6 Å². The molecule has 0 unspecified atom stereocenters. The molecule has 20 heavy (non-hydrogen) atoms. The van der Waals surface area contributed by atoms with Gasteiger partial charge in [-0.3, -0.25) is 4.79 Å². The molecule has 106 valence electrons. The van der Waals surface area contributed by atoms with Crippen molar-refractivity contribution in [1.82, 2.24) is 9.29 Å². The monoisotopic (exact) mass is 297 g/mol. The Hall–Kier alpha value is -2.02. The van der Waals surface area contributed by atoms with Gasteiger partial charge in [-0.1, -0.05) is 0 Å². The van der Waals surface area contributed by atoms with Gasteiger partial charge in [0.15, 0.2) is 0 Å². The molecule has 1 fully saturated rings. The number of aliphatic carboxylic acids is 1. The van der Waals surface area contributed by atoms with Crippen LogP contribution in [0.15, 0.2) is 23.2 Å². The molecule has 8 nitrogen and oxygen atoms in total. The maximum Gasteiger partial charge on any atom is 0.322 e. The van der Waals surface area contributed by atoms with Crippen LogP contribution in [0, 0.1) is 11.3 Å². The highest BCUT2D eigenvalue weighted by Gasteiger charge is 2.43. The first kappa shape index (κ1) is 14.4. The predicted molar refractivity (Wildman–Crippen MR) is 64.9 cm³/mol. The molecule has 1 aliphatic rings. The number of hydrogen-bond donors (Lipinski definition) is 2. The van der Waals surface area contributed by atoms with E-state index in [1.807, 2.05) is 0 Å². The number of carboxylic acid groups (broad SMARTS) is 1. The number of pyridine rings is 1. The zero-order valence-electron chi connectivity index (χ0n) is 10.2. The summed E-state index contributed by atoms with van der Waals surface area (Å²) in [6.45, 7) is -0.278. The third kappa shape index (κ3) is 2.49. The van der Waals surface area contributed by atoms with E-state index < -0.39 is 28.1 Å². The van der Waals surface area contributed by atoms with Gasteiger partial charge in [-0.05, 0) is 12.1 Å². The summed E-state index contributed by atoms with van der Waals surface area (Å²) in [5.74, 6) is -1.31. The molecule has 2 heterocycles. The van der Waals surface area contributed by atoms with Crippen LogP contribution in [0.5, 0.6) is 0 Å². The molecule has 0 aliphatic carbocycles. The van der Waals surface area contributed by atoms with E-state index in [1.54, 1.807) is 6.07 Å². The first-order valence-electron chi connectivity index (χ1n) is 5.65. The molecule has 2 rings (SSSR count). The normalized spacial score (nSPS) is 23.4. The van der Waals surface area contributed by atoms with E-state index in [1.165, 1.54) is 12.1 Å². The van der Waals surface area contributed by atoms with Crippen LogP contribution in [-0.4, -0.2) is 52.6 Å². The lowest BCUT2D eigenvalue weighted by molar-refractivity contribution is -0.140. The summed E-state index contributed by atoms with van der Waals surface area (Å²) >= 11 is 0. The van der Waals surface area contributed by atoms with Gasteiger partial charge in [-0.2, -0.15) is 9.57 Å². The second-order valence-electron chi connectivity index (χ2n) is 4.31. The van der Waals surface area contributed by atoms with Crippen molar-refractivity contribution in [2.24, 2.45) is 0 Å². The smallest absolute Gasteiger partial charge is 0.322 e. The summed E-state index contributed by atoms with van der Waals surface area (Å²) in [6.07, 6.45) is -0.173. The van der Waals surface area contributed by atoms with Gasteiger partial charge in [-0.15, -0.1) is 0 Å². The molecule has 1 aromatic rings. The van der Waals surface area contributed by atoms with E-state index in [0.717, 1.165) is 10.5 Å². The van der Waals surface area contributed by atoms with Crippen LogP contribution in [-0.2, 0) is 14.8 Å². The van der Waals surface area contributed by atoms with Gasteiger partial charge in [0.05, 0.1) is 6.10 Å². The van der Waals surface area contributed by atoms with Crippen LogP contribution in [0.4, 0.5) is 0 Å². The highest BCUT2D eigenvalue weighted by atomic mass is 32.2. The van der Waals surface area contributed by atoms with E-state index in [2.05, 4.69) is 4.98 Å². The molecule has 0 spiro atoms. The standard InChI is InChI=1S/C11H11N3O5S/c12-4-7-1-2-9(5-13-7)20(18,19)14-6-8(15)3-10(14)11(16)17/h1-2,5,8,10,15H,3,6H2,(H,16,17)/t8-,10+/m1/s1. The quantitative estimate of drug-likeness (QED) is 0.743. The second kappa shape index (κ2) is 5.16. The van der Waals surface area contributed by atoms with Crippen LogP contribution >= 0.6 is 0 Å². The van der Waals surface area contributed by atoms with E-state index in [4.69, 9.17) is 10.4 Å². The number of sulfonamides is 1. The van der Waals surface area contributed by atoms with Crippen molar-refractivity contribution in [3.05, 3.63) is 24.0 Å². The topological polar surface area (TPSA) is 132 Å². The summed E-state index contributed by atoms with van der Waals surface area (Å²) < 4.78 is 25.4. The summed E-state index contributed by atoms with van der Waals surface area (Å²) in [6, 6.07) is 2.87. The molecule has 0 saturated carbocycles. The number of aliphatic hydroxyl groups is 1. The molecule has 2 atom stereocenters. The minimum absolute atomic E-state index is 0.0557. The molecule has 1 aliphatic heterocycles. The highest BCUT2D eigenvalue weighted by molar-refractivity contribution is 7.89. The summed E-state index contributed by atoms with van der Waals surface area (Å²) in [7, 11) is -4.07. The third-order valence-corrected chi connectivity index (χ3v) is 4.83. The number of nitriles is 1. The van der Waals surface area contributed by atoms with E-state index >= 15 is 0 Å². The fourth-order valence-corrected chi connectivity index (χ4v) is 3.59. The Morgan fingerprint density at radius 1 is 1.50 bits per heavy atom. The van der Waals surface area contributed by atoms with Gasteiger partial charge in [0.25, 0.3) is 0 Å². The third-order valence-electron chi connectivity index (χ3n) is 2.98. The zero-order valence-corrected chi connectivity index (χ0v) is 11.0. The fraction of sp³-hybridized carbons (Fsp3) is 0.364. The number of nitrogens with zero attached hydrogens (tertiary/aromatic N) is 3. The van der Waals surface area contributed by atoms with Crippen molar-refractivity contribution in [2.45, 2.75) is 23.5 Å². The van der Waals surface area contributed by atoms with Crippen LogP contribution in [0.1, 0.15) is 12.1 Å². The van der Waals surface area contributed by atoms with E-state index in [0.29, 0.717) is 0 Å². The number of rotatable bonds is 3. The largest absolute Gasteiger partial charge is 0.480 e. The average Bonchev–Trinajstić information content (AvgIpc) is 2.82. The predicted octanol–water partition coefficient (Wildman–Crippen LogP) is -0.838. The Morgan fingerprint density at radius 2 is 2.20 bits per heavy atom. The number of aromatic nitrogens is 1. The fourth-order valence-electron chi connectivity index (χ4n) is 2.01. The van der Waals surface area contributed by atoms with Gasteiger partial charge >= 0.3 is 5.97 Å². The summed E-state index contributed by atoms with van der Waals surface area (Å²) in [5.41, 5.74) is 0.0557. The van der Waals surface area contributed by atoms with Crippen LogP contribution < -0.4 is 0 Å². The zero-order chi connectivity index (χ0) is 14.9. The Balaban J connectivity index is 2.38. The van der Waals surface area contributed by atoms with Gasteiger partial charge in [-0.25, -0.2) is 13.4 Å². The number of β-amino-alcohol motifs (C(OH)–C–C–N with tert-alkyl or cyclic N) is 1. The maximum absolute atomic E-state index is 12.3. The van der Waals surface area contributed by atoms with Gasteiger partial charge in [0.2, 0.25) is 10.0 Å². The first-order valence-corrected chi connectivity index (χ1v) is 7.09. The van der Waals surface area contributed by atoms with Crippen LogP contribution in [0.2, 0.25) is 0 Å². The van der Waals surface area contributed by atoms with Crippen LogP contribution in [0.3, 0.4) is 0 Å². The molecule has 0 aromatic carbocycles.